The van der Waals surface area contributed by atoms with Crippen LogP contribution in [0.25, 0.3) is 27.9 Å². The van der Waals surface area contributed by atoms with Crippen LogP contribution in [-0.2, 0) is 7.05 Å². The maximum Gasteiger partial charge on any atom is 0.274 e. The number of carbonyl (C=O) groups is 1. The number of nitrogens with zero attached hydrogens (tertiary/aromatic N) is 9. The number of aryl methyl sites for hydroxylation is 1. The number of pyridine rings is 2. The molecule has 5 aromatic rings. The molecule has 0 unspecified atom stereocenters. The van der Waals surface area contributed by atoms with Crippen LogP contribution in [0.2, 0.25) is 0 Å². The number of amides is 1. The van der Waals surface area contributed by atoms with Crippen LogP contribution in [0, 0.1) is 23.2 Å². The van der Waals surface area contributed by atoms with Gasteiger partial charge in [-0.25, -0.2) is 14.5 Å². The summed E-state index contributed by atoms with van der Waals surface area (Å²) in [4.78, 5) is 29.1. The molecule has 0 bridgehead atoms. The highest BCUT2D eigenvalue weighted by Crippen LogP contribution is 2.45. The molecule has 7 rings (SSSR count). The highest BCUT2D eigenvalue weighted by Gasteiger charge is 2.48. The molecule has 43 heavy (non-hydrogen) atoms. The second kappa shape index (κ2) is 10.2. The molecule has 1 amide bonds. The van der Waals surface area contributed by atoms with Gasteiger partial charge in [-0.15, -0.1) is 0 Å². The minimum atomic E-state index is -0.315. The summed E-state index contributed by atoms with van der Waals surface area (Å²) in [5.74, 6) is 1.93. The van der Waals surface area contributed by atoms with Crippen LogP contribution < -0.4 is 15.0 Å². The number of nitrogens with one attached hydrogen (secondary N) is 1. The molecule has 0 aromatic carbocycles. The van der Waals surface area contributed by atoms with Gasteiger partial charge in [0.15, 0.2) is 5.69 Å². The first kappa shape index (κ1) is 26.6. The number of methoxy groups -OCH3 is 1. The number of anilines is 1. The Morgan fingerprint density at radius 1 is 1.07 bits per heavy atom. The molecule has 12 heteroatoms. The molecule has 1 saturated carbocycles. The molecular formula is C31H30N10O2. The lowest BCUT2D eigenvalue weighted by molar-refractivity contribution is 0.0896. The summed E-state index contributed by atoms with van der Waals surface area (Å²) < 4.78 is 8.79. The normalized spacial score (nSPS) is 21.1. The monoisotopic (exact) mass is 574 g/mol. The van der Waals surface area contributed by atoms with Crippen LogP contribution in [0.3, 0.4) is 0 Å². The van der Waals surface area contributed by atoms with Crippen molar-refractivity contribution in [2.45, 2.75) is 25.3 Å². The predicted molar refractivity (Wildman–Crippen MR) is 158 cm³/mol. The van der Waals surface area contributed by atoms with Crippen LogP contribution in [-0.4, -0.2) is 66.0 Å². The maximum atomic E-state index is 13.0. The van der Waals surface area contributed by atoms with Gasteiger partial charge in [0.05, 0.1) is 48.7 Å². The number of carbonyl (C=O) groups excluding carboxylic acids is 1. The fraction of sp³-hybridized carbons (Fsp3) is 0.323. The van der Waals surface area contributed by atoms with E-state index in [2.05, 4.69) is 38.4 Å². The Morgan fingerprint density at radius 3 is 2.56 bits per heavy atom. The molecular weight excluding hydrogens is 544 g/mol. The van der Waals surface area contributed by atoms with E-state index in [0.717, 1.165) is 48.4 Å². The van der Waals surface area contributed by atoms with Crippen molar-refractivity contribution in [3.8, 4) is 34.2 Å². The van der Waals surface area contributed by atoms with Gasteiger partial charge in [0, 0.05) is 61.0 Å². The third-order valence-corrected chi connectivity index (χ3v) is 8.63. The van der Waals surface area contributed by atoms with Gasteiger partial charge in [0.2, 0.25) is 0 Å². The van der Waals surface area contributed by atoms with Gasteiger partial charge >= 0.3 is 0 Å². The molecule has 12 nitrogen and oxygen atoms in total. The molecule has 0 radical (unpaired) electrons. The number of fused-ring (bicyclic) bond motifs is 2. The number of aromatic nitrogens is 7. The summed E-state index contributed by atoms with van der Waals surface area (Å²) in [5.41, 5.74) is 4.46. The van der Waals surface area contributed by atoms with E-state index < -0.39 is 0 Å². The molecule has 1 saturated heterocycles. The van der Waals surface area contributed by atoms with Crippen molar-refractivity contribution in [1.29, 1.82) is 5.26 Å². The van der Waals surface area contributed by atoms with Crippen molar-refractivity contribution in [2.24, 2.45) is 18.9 Å². The lowest BCUT2D eigenvalue weighted by atomic mass is 9.97. The van der Waals surface area contributed by atoms with E-state index >= 15 is 0 Å². The van der Waals surface area contributed by atoms with Crippen molar-refractivity contribution in [3.63, 3.8) is 0 Å². The van der Waals surface area contributed by atoms with E-state index in [-0.39, 0.29) is 11.4 Å². The summed E-state index contributed by atoms with van der Waals surface area (Å²) >= 11 is 0. The van der Waals surface area contributed by atoms with Crippen LogP contribution >= 0.6 is 0 Å². The zero-order valence-corrected chi connectivity index (χ0v) is 24.1. The standard InChI is InChI=1S/C31H30N10O2/c1-31(38-30(42)28-26(43-3)5-4-6-33-28)8-20-16-40(17-21(20)9-31)27-14-34-25(13-35-27)24-7-19(23-12-36-39(2)15-23)18-41-29(24)22(10-32)11-37-41/h4-7,11-15,18,20-21H,8-9,16-17H2,1-3H3,(H,38,42)/t20-,21+,31+. The summed E-state index contributed by atoms with van der Waals surface area (Å²) in [6, 6.07) is 7.75. The molecule has 3 atom stereocenters. The summed E-state index contributed by atoms with van der Waals surface area (Å²) in [6.07, 6.45) is 14.1. The minimum absolute atomic E-state index is 0.210. The summed E-state index contributed by atoms with van der Waals surface area (Å²) in [6.45, 7) is 3.81. The van der Waals surface area contributed by atoms with E-state index in [4.69, 9.17) is 14.7 Å². The Morgan fingerprint density at radius 2 is 1.88 bits per heavy atom. The SMILES string of the molecule is COc1cccnc1C(=O)N[C@]1(C)C[C@H]2CN(c3cnc(-c4cc(-c5cnn(C)c5)cn5ncc(C#N)c45)cn3)C[C@H]2C1. The van der Waals surface area contributed by atoms with Crippen LogP contribution in [0.4, 0.5) is 5.82 Å². The van der Waals surface area contributed by atoms with E-state index in [1.165, 1.54) is 0 Å². The maximum absolute atomic E-state index is 13.0. The van der Waals surface area contributed by atoms with Crippen molar-refractivity contribution in [2.75, 3.05) is 25.1 Å². The molecule has 1 aliphatic carbocycles. The Bertz CT molecular complexity index is 1870. The topological polar surface area (TPSA) is 139 Å². The van der Waals surface area contributed by atoms with Gasteiger partial charge in [0.1, 0.15) is 17.6 Å². The number of rotatable bonds is 6. The first-order valence-corrected chi connectivity index (χ1v) is 14.1. The van der Waals surface area contributed by atoms with Gasteiger partial charge in [-0.2, -0.15) is 15.5 Å². The number of hydrogen-bond donors (Lipinski definition) is 1. The van der Waals surface area contributed by atoms with Gasteiger partial charge < -0.3 is 15.0 Å². The molecule has 216 valence electrons. The molecule has 6 heterocycles. The highest BCUT2D eigenvalue weighted by atomic mass is 16.5. The number of hydrogen-bond acceptors (Lipinski definition) is 9. The summed E-state index contributed by atoms with van der Waals surface area (Å²) in [7, 11) is 3.42. The lowest BCUT2D eigenvalue weighted by Crippen LogP contribution is -2.45. The quantitative estimate of drug-likeness (QED) is 0.323. The largest absolute Gasteiger partial charge is 0.494 e. The fourth-order valence-corrected chi connectivity index (χ4v) is 6.74. The first-order valence-electron chi connectivity index (χ1n) is 14.1. The second-order valence-corrected chi connectivity index (χ2v) is 11.7. The van der Waals surface area contributed by atoms with Gasteiger partial charge in [-0.1, -0.05) is 0 Å². The molecule has 0 spiro atoms. The van der Waals surface area contributed by atoms with E-state index in [1.807, 2.05) is 25.5 Å². The Labute approximate surface area is 248 Å². The smallest absolute Gasteiger partial charge is 0.274 e. The van der Waals surface area contributed by atoms with Crippen LogP contribution in [0.1, 0.15) is 35.8 Å². The molecule has 1 N–H and O–H groups in total. The van der Waals surface area contributed by atoms with Crippen molar-refractivity contribution >= 4 is 17.2 Å². The molecule has 1 aliphatic heterocycles. The van der Waals surface area contributed by atoms with E-state index in [0.29, 0.717) is 40.1 Å². The Balaban J connectivity index is 1.09. The summed E-state index contributed by atoms with van der Waals surface area (Å²) in [5, 5.41) is 21.7. The van der Waals surface area contributed by atoms with Gasteiger partial charge in [0.25, 0.3) is 5.91 Å². The van der Waals surface area contributed by atoms with Crippen LogP contribution in [0.5, 0.6) is 5.75 Å². The van der Waals surface area contributed by atoms with Gasteiger partial charge in [-0.3, -0.25) is 14.5 Å². The fourth-order valence-electron chi connectivity index (χ4n) is 6.74. The zero-order chi connectivity index (χ0) is 29.7. The average Bonchev–Trinajstić information content (AvgIpc) is 3.79. The first-order chi connectivity index (χ1) is 20.8. The van der Waals surface area contributed by atoms with Crippen molar-refractivity contribution in [3.05, 3.63) is 72.8 Å². The number of nitriles is 1. The Hall–Kier alpha value is -5.31. The van der Waals surface area contributed by atoms with Crippen molar-refractivity contribution in [1.82, 2.24) is 39.7 Å². The zero-order valence-electron chi connectivity index (χ0n) is 24.1. The van der Waals surface area contributed by atoms with Crippen molar-refractivity contribution < 1.29 is 9.53 Å². The minimum Gasteiger partial charge on any atom is -0.494 e. The molecule has 2 fully saturated rings. The lowest BCUT2D eigenvalue weighted by Gasteiger charge is -2.28. The third-order valence-electron chi connectivity index (χ3n) is 8.63. The predicted octanol–water partition coefficient (Wildman–Crippen LogP) is 3.50. The molecule has 5 aromatic heterocycles. The van der Waals surface area contributed by atoms with E-state index in [1.54, 1.807) is 59.4 Å². The second-order valence-electron chi connectivity index (χ2n) is 11.7. The van der Waals surface area contributed by atoms with E-state index in [9.17, 15) is 10.1 Å². The highest BCUT2D eigenvalue weighted by molar-refractivity contribution is 5.95. The number of ether oxygens (including phenoxy) is 1. The average molecular weight is 575 g/mol. The van der Waals surface area contributed by atoms with Crippen LogP contribution in [0.15, 0.2) is 61.6 Å². The third kappa shape index (κ3) is 4.72. The molecule has 2 aliphatic rings. The Kier molecular flexibility index (Phi) is 6.30. The van der Waals surface area contributed by atoms with Gasteiger partial charge in [-0.05, 0) is 49.8 Å².